The van der Waals surface area contributed by atoms with Crippen molar-refractivity contribution in [2.75, 3.05) is 5.32 Å². The molecule has 0 amide bonds. The molecule has 6 heteroatoms. The summed E-state index contributed by atoms with van der Waals surface area (Å²) in [6, 6.07) is 4.62. The maximum absolute atomic E-state index is 13.3. The predicted molar refractivity (Wildman–Crippen MR) is 57.8 cm³/mol. The smallest absolute Gasteiger partial charge is 0.321 e. The maximum Gasteiger partial charge on any atom is 0.321 e. The standard InChI is InChI=1S/C10H9ClFN3O/c1-6-14-10(16-15-6)13-5-7-4-8(11)2-3-9(7)12/h2-4H,5H2,1H3,(H,13,14,15). The summed E-state index contributed by atoms with van der Waals surface area (Å²) in [4.78, 5) is 3.93. The van der Waals surface area contributed by atoms with Crippen molar-refractivity contribution >= 4 is 17.6 Å². The molecule has 0 aliphatic heterocycles. The van der Waals surface area contributed by atoms with Gasteiger partial charge in [-0.3, -0.25) is 0 Å². The highest BCUT2D eigenvalue weighted by Gasteiger charge is 2.05. The molecule has 1 N–H and O–H groups in total. The summed E-state index contributed by atoms with van der Waals surface area (Å²) in [6.45, 7) is 1.95. The molecule has 0 bridgehead atoms. The summed E-state index contributed by atoms with van der Waals surface area (Å²) in [7, 11) is 0. The van der Waals surface area contributed by atoms with Crippen LogP contribution in [-0.4, -0.2) is 10.1 Å². The molecule has 84 valence electrons. The van der Waals surface area contributed by atoms with Crippen LogP contribution in [-0.2, 0) is 6.54 Å². The number of aromatic nitrogens is 2. The Labute approximate surface area is 96.4 Å². The molecule has 0 saturated carbocycles. The molecule has 1 heterocycles. The van der Waals surface area contributed by atoms with Gasteiger partial charge in [0.1, 0.15) is 5.82 Å². The number of nitrogens with one attached hydrogen (secondary N) is 1. The van der Waals surface area contributed by atoms with Gasteiger partial charge >= 0.3 is 6.01 Å². The van der Waals surface area contributed by atoms with Gasteiger partial charge in [0, 0.05) is 17.1 Å². The number of aryl methyl sites for hydroxylation is 1. The van der Waals surface area contributed by atoms with E-state index in [1.165, 1.54) is 12.1 Å². The molecule has 4 nitrogen and oxygen atoms in total. The van der Waals surface area contributed by atoms with Crippen molar-refractivity contribution in [2.45, 2.75) is 13.5 Å². The lowest BCUT2D eigenvalue weighted by molar-refractivity contribution is 0.425. The van der Waals surface area contributed by atoms with Crippen LogP contribution in [0.3, 0.4) is 0 Å². The number of rotatable bonds is 3. The van der Waals surface area contributed by atoms with Gasteiger partial charge in [-0.05, 0) is 25.1 Å². The quantitative estimate of drug-likeness (QED) is 0.898. The van der Waals surface area contributed by atoms with E-state index < -0.39 is 0 Å². The molecule has 0 fully saturated rings. The van der Waals surface area contributed by atoms with Gasteiger partial charge in [0.05, 0.1) is 0 Å². The molecule has 0 radical (unpaired) electrons. The number of nitrogens with zero attached hydrogens (tertiary/aromatic N) is 2. The van der Waals surface area contributed by atoms with E-state index >= 15 is 0 Å². The second-order valence-corrected chi connectivity index (χ2v) is 3.67. The highest BCUT2D eigenvalue weighted by Crippen LogP contribution is 2.16. The van der Waals surface area contributed by atoms with E-state index in [4.69, 9.17) is 16.1 Å². The number of hydrogen-bond acceptors (Lipinski definition) is 4. The Balaban J connectivity index is 2.07. The normalized spacial score (nSPS) is 10.4. The van der Waals surface area contributed by atoms with Crippen molar-refractivity contribution in [3.63, 3.8) is 0 Å². The molecule has 0 saturated heterocycles. The summed E-state index contributed by atoms with van der Waals surface area (Å²) < 4.78 is 18.1. The molecular formula is C10H9ClFN3O. The summed E-state index contributed by atoms with van der Waals surface area (Å²) in [5.74, 6) is 0.196. The van der Waals surface area contributed by atoms with E-state index in [0.29, 0.717) is 16.4 Å². The fourth-order valence-corrected chi connectivity index (χ4v) is 1.41. The Hall–Kier alpha value is -1.62. The first-order valence-corrected chi connectivity index (χ1v) is 5.01. The monoisotopic (exact) mass is 241 g/mol. The zero-order valence-electron chi connectivity index (χ0n) is 8.50. The Morgan fingerprint density at radius 1 is 1.50 bits per heavy atom. The molecule has 1 aromatic heterocycles. The first-order valence-electron chi connectivity index (χ1n) is 4.63. The van der Waals surface area contributed by atoms with Crippen molar-refractivity contribution < 1.29 is 8.91 Å². The first-order chi connectivity index (χ1) is 7.65. The minimum Gasteiger partial charge on any atom is -0.334 e. The number of hydrogen-bond donors (Lipinski definition) is 1. The van der Waals surface area contributed by atoms with Crippen molar-refractivity contribution in [1.29, 1.82) is 0 Å². The Kier molecular flexibility index (Phi) is 3.05. The summed E-state index contributed by atoms with van der Waals surface area (Å²) in [5.41, 5.74) is 0.448. The van der Waals surface area contributed by atoms with Gasteiger partial charge in [-0.25, -0.2) is 4.39 Å². The molecule has 1 aromatic carbocycles. The third-order valence-corrected chi connectivity index (χ3v) is 2.20. The van der Waals surface area contributed by atoms with Crippen LogP contribution in [0.2, 0.25) is 5.02 Å². The van der Waals surface area contributed by atoms with Crippen molar-refractivity contribution in [1.82, 2.24) is 10.1 Å². The van der Waals surface area contributed by atoms with Crippen molar-refractivity contribution in [3.05, 3.63) is 40.4 Å². The van der Waals surface area contributed by atoms with E-state index in [-0.39, 0.29) is 18.4 Å². The number of anilines is 1. The first kappa shape index (κ1) is 10.9. The van der Waals surface area contributed by atoms with E-state index in [0.717, 1.165) is 0 Å². The fraction of sp³-hybridized carbons (Fsp3) is 0.200. The molecule has 0 spiro atoms. The van der Waals surface area contributed by atoms with Gasteiger partial charge in [0.15, 0.2) is 5.82 Å². The van der Waals surface area contributed by atoms with Crippen LogP contribution < -0.4 is 5.32 Å². The predicted octanol–water partition coefficient (Wildman–Crippen LogP) is 2.78. The van der Waals surface area contributed by atoms with Crippen molar-refractivity contribution in [3.8, 4) is 0 Å². The average molecular weight is 242 g/mol. The molecular weight excluding hydrogens is 233 g/mol. The van der Waals surface area contributed by atoms with Crippen LogP contribution in [0.4, 0.5) is 10.4 Å². The minimum absolute atomic E-state index is 0.244. The zero-order valence-corrected chi connectivity index (χ0v) is 9.25. The molecule has 0 aliphatic carbocycles. The Bertz CT molecular complexity index is 501. The topological polar surface area (TPSA) is 51.0 Å². The lowest BCUT2D eigenvalue weighted by Crippen LogP contribution is -2.02. The molecule has 0 atom stereocenters. The van der Waals surface area contributed by atoms with E-state index in [1.807, 2.05) is 0 Å². The molecule has 2 aromatic rings. The van der Waals surface area contributed by atoms with E-state index in [1.54, 1.807) is 13.0 Å². The second-order valence-electron chi connectivity index (χ2n) is 3.24. The molecule has 0 unspecified atom stereocenters. The fourth-order valence-electron chi connectivity index (χ4n) is 1.22. The Morgan fingerprint density at radius 3 is 3.00 bits per heavy atom. The van der Waals surface area contributed by atoms with Crippen LogP contribution in [0.25, 0.3) is 0 Å². The van der Waals surface area contributed by atoms with Crippen LogP contribution in [0.1, 0.15) is 11.4 Å². The maximum atomic E-state index is 13.3. The van der Waals surface area contributed by atoms with Gasteiger partial charge in [0.2, 0.25) is 0 Å². The van der Waals surface area contributed by atoms with Crippen molar-refractivity contribution in [2.24, 2.45) is 0 Å². The third-order valence-electron chi connectivity index (χ3n) is 1.97. The van der Waals surface area contributed by atoms with Crippen LogP contribution in [0, 0.1) is 12.7 Å². The van der Waals surface area contributed by atoms with Gasteiger partial charge in [-0.1, -0.05) is 16.8 Å². The zero-order chi connectivity index (χ0) is 11.5. The summed E-state index contributed by atoms with van der Waals surface area (Å²) in [6.07, 6.45) is 0. The van der Waals surface area contributed by atoms with Gasteiger partial charge in [-0.15, -0.1) is 0 Å². The molecule has 16 heavy (non-hydrogen) atoms. The highest BCUT2D eigenvalue weighted by molar-refractivity contribution is 6.30. The summed E-state index contributed by atoms with van der Waals surface area (Å²) >= 11 is 5.76. The van der Waals surface area contributed by atoms with Gasteiger partial charge in [-0.2, -0.15) is 4.98 Å². The van der Waals surface area contributed by atoms with E-state index in [2.05, 4.69) is 15.5 Å². The van der Waals surface area contributed by atoms with E-state index in [9.17, 15) is 4.39 Å². The number of benzene rings is 1. The lowest BCUT2D eigenvalue weighted by Gasteiger charge is -2.03. The SMILES string of the molecule is Cc1noc(NCc2cc(Cl)ccc2F)n1. The Morgan fingerprint density at radius 2 is 2.31 bits per heavy atom. The average Bonchev–Trinajstić information content (AvgIpc) is 2.66. The highest BCUT2D eigenvalue weighted by atomic mass is 35.5. The summed E-state index contributed by atoms with van der Waals surface area (Å²) in [5, 5.41) is 6.90. The van der Waals surface area contributed by atoms with Gasteiger partial charge in [0.25, 0.3) is 0 Å². The number of halogens is 2. The third kappa shape index (κ3) is 2.49. The minimum atomic E-state index is -0.326. The lowest BCUT2D eigenvalue weighted by atomic mass is 10.2. The van der Waals surface area contributed by atoms with Crippen LogP contribution in [0.5, 0.6) is 0 Å². The van der Waals surface area contributed by atoms with Gasteiger partial charge < -0.3 is 9.84 Å². The molecule has 2 rings (SSSR count). The molecule has 0 aliphatic rings. The largest absolute Gasteiger partial charge is 0.334 e. The van der Waals surface area contributed by atoms with Crippen LogP contribution in [0.15, 0.2) is 22.7 Å². The van der Waals surface area contributed by atoms with Crippen LogP contribution >= 0.6 is 11.6 Å². The second kappa shape index (κ2) is 4.49.